The molecule has 0 aliphatic heterocycles. The molecule has 0 aliphatic carbocycles. The molecule has 0 saturated carbocycles. The smallest absolute Gasteiger partial charge is 0.00266 e. The number of fused-ring (bicyclic) bond motifs is 1. The first-order chi connectivity index (χ1) is 13.9. The third-order valence-corrected chi connectivity index (χ3v) is 5.19. The van der Waals surface area contributed by atoms with Crippen LogP contribution in [0.4, 0.5) is 0 Å². The Bertz CT molecular complexity index is 1220. The Hall–Kier alpha value is -3.64. The maximum absolute atomic E-state index is 3.40. The highest BCUT2D eigenvalue weighted by molar-refractivity contribution is 6.05. The van der Waals surface area contributed by atoms with E-state index < -0.39 is 0 Å². The minimum absolute atomic E-state index is 1.12. The molecule has 28 heavy (non-hydrogen) atoms. The summed E-state index contributed by atoms with van der Waals surface area (Å²) in [5, 5.41) is 2.51. The molecule has 131 valence electrons. The Morgan fingerprint density at radius 1 is 0.500 bits per heavy atom. The van der Waals surface area contributed by atoms with E-state index in [0.717, 1.165) is 5.56 Å². The first-order valence-electron chi connectivity index (χ1n) is 9.55. The zero-order valence-corrected chi connectivity index (χ0v) is 15.5. The summed E-state index contributed by atoms with van der Waals surface area (Å²) in [5.41, 5.74) is 7.31. The molecule has 0 amide bonds. The van der Waals surface area contributed by atoms with E-state index in [0.29, 0.717) is 0 Å². The topological polar surface area (TPSA) is 0 Å². The first-order valence-corrected chi connectivity index (χ1v) is 9.55. The van der Waals surface area contributed by atoms with Crippen molar-refractivity contribution in [2.45, 2.75) is 0 Å². The molecule has 0 aromatic heterocycles. The van der Waals surface area contributed by atoms with Crippen molar-refractivity contribution in [3.05, 3.63) is 121 Å². The highest BCUT2D eigenvalue weighted by Gasteiger charge is 2.12. The summed E-state index contributed by atoms with van der Waals surface area (Å²) in [7, 11) is 0. The van der Waals surface area contributed by atoms with Crippen LogP contribution in [-0.4, -0.2) is 0 Å². The fourth-order valence-electron chi connectivity index (χ4n) is 3.84. The van der Waals surface area contributed by atoms with Crippen LogP contribution in [0.2, 0.25) is 0 Å². The maximum atomic E-state index is 3.40. The summed E-state index contributed by atoms with van der Waals surface area (Å²) in [4.78, 5) is 0. The minimum Gasteiger partial charge on any atom is -0.0622 e. The summed E-state index contributed by atoms with van der Waals surface area (Å²) in [6.45, 7) is 0. The molecule has 5 aromatic carbocycles. The van der Waals surface area contributed by atoms with E-state index in [4.69, 9.17) is 0 Å². The van der Waals surface area contributed by atoms with E-state index in [2.05, 4.69) is 109 Å². The van der Waals surface area contributed by atoms with Crippen LogP contribution in [0.3, 0.4) is 0 Å². The predicted molar refractivity (Wildman–Crippen MR) is 119 cm³/mol. The van der Waals surface area contributed by atoms with Gasteiger partial charge >= 0.3 is 0 Å². The summed E-state index contributed by atoms with van der Waals surface area (Å²) in [6.07, 6.45) is 0. The third-order valence-electron chi connectivity index (χ3n) is 5.19. The van der Waals surface area contributed by atoms with E-state index in [9.17, 15) is 0 Å². The molecule has 0 bridgehead atoms. The summed E-state index contributed by atoms with van der Waals surface area (Å²) >= 11 is 0. The van der Waals surface area contributed by atoms with Crippen molar-refractivity contribution in [1.29, 1.82) is 0 Å². The van der Waals surface area contributed by atoms with Crippen LogP contribution in [0.5, 0.6) is 0 Å². The van der Waals surface area contributed by atoms with Crippen LogP contribution in [0.25, 0.3) is 44.2 Å². The minimum atomic E-state index is 1.12. The molecule has 0 aliphatic rings. The van der Waals surface area contributed by atoms with Crippen molar-refractivity contribution in [3.63, 3.8) is 0 Å². The number of rotatable bonds is 3. The van der Waals surface area contributed by atoms with E-state index in [-0.39, 0.29) is 0 Å². The van der Waals surface area contributed by atoms with Crippen molar-refractivity contribution in [2.24, 2.45) is 0 Å². The molecule has 0 heterocycles. The van der Waals surface area contributed by atoms with Gasteiger partial charge in [0.25, 0.3) is 0 Å². The highest BCUT2D eigenvalue weighted by atomic mass is 14.2. The lowest BCUT2D eigenvalue weighted by atomic mass is 9.89. The Labute approximate surface area is 165 Å². The largest absolute Gasteiger partial charge is 0.0622 e. The second-order valence-corrected chi connectivity index (χ2v) is 6.93. The van der Waals surface area contributed by atoms with Crippen LogP contribution in [0, 0.1) is 6.07 Å². The van der Waals surface area contributed by atoms with Crippen molar-refractivity contribution < 1.29 is 0 Å². The second kappa shape index (κ2) is 7.17. The summed E-state index contributed by atoms with van der Waals surface area (Å²) < 4.78 is 0. The van der Waals surface area contributed by atoms with Crippen LogP contribution in [-0.2, 0) is 0 Å². The van der Waals surface area contributed by atoms with Crippen LogP contribution < -0.4 is 0 Å². The Kier molecular flexibility index (Phi) is 4.23. The predicted octanol–water partition coefficient (Wildman–Crippen LogP) is 7.64. The van der Waals surface area contributed by atoms with Gasteiger partial charge in [-0.2, -0.15) is 0 Å². The monoisotopic (exact) mass is 355 g/mol. The van der Waals surface area contributed by atoms with E-state index in [1.807, 2.05) is 12.1 Å². The molecule has 5 rings (SSSR count). The second-order valence-electron chi connectivity index (χ2n) is 6.93. The zero-order chi connectivity index (χ0) is 18.8. The molecule has 0 saturated heterocycles. The molecule has 0 nitrogen and oxygen atoms in total. The molecule has 0 fully saturated rings. The normalized spacial score (nSPS) is 10.9. The molecule has 0 spiro atoms. The van der Waals surface area contributed by atoms with E-state index >= 15 is 0 Å². The van der Waals surface area contributed by atoms with Crippen molar-refractivity contribution in [2.75, 3.05) is 0 Å². The standard InChI is InChI=1S/C28H19/c1-4-10-21(11-5-1)24-16-18-27-25(20-24)17-19-26(22-12-6-2-7-13-22)28(27)23-14-8-3-9-15-23/h1-12,14-20H. The lowest BCUT2D eigenvalue weighted by Gasteiger charge is -2.15. The average molecular weight is 355 g/mol. The highest BCUT2D eigenvalue weighted by Crippen LogP contribution is 2.39. The molecule has 0 unspecified atom stereocenters. The van der Waals surface area contributed by atoms with Crippen LogP contribution >= 0.6 is 0 Å². The molecular formula is C28H19. The number of hydrogen-bond donors (Lipinski definition) is 0. The van der Waals surface area contributed by atoms with Gasteiger partial charge < -0.3 is 0 Å². The fraction of sp³-hybridized carbons (Fsp3) is 0. The van der Waals surface area contributed by atoms with Crippen LogP contribution in [0.15, 0.2) is 115 Å². The molecule has 5 aromatic rings. The van der Waals surface area contributed by atoms with Gasteiger partial charge in [-0.05, 0) is 56.3 Å². The summed E-state index contributed by atoms with van der Waals surface area (Å²) in [6, 6.07) is 44.0. The molecular weight excluding hydrogens is 336 g/mol. The number of hydrogen-bond acceptors (Lipinski definition) is 0. The van der Waals surface area contributed by atoms with Crippen molar-refractivity contribution in [1.82, 2.24) is 0 Å². The van der Waals surface area contributed by atoms with Gasteiger partial charge in [0, 0.05) is 0 Å². The number of benzene rings is 5. The van der Waals surface area contributed by atoms with Gasteiger partial charge in [0.15, 0.2) is 0 Å². The Balaban J connectivity index is 1.78. The fourth-order valence-corrected chi connectivity index (χ4v) is 3.84. The molecule has 1 radical (unpaired) electrons. The van der Waals surface area contributed by atoms with Gasteiger partial charge in [-0.1, -0.05) is 109 Å². The van der Waals surface area contributed by atoms with Gasteiger partial charge in [-0.3, -0.25) is 0 Å². The van der Waals surface area contributed by atoms with Crippen LogP contribution in [0.1, 0.15) is 0 Å². The van der Waals surface area contributed by atoms with E-state index in [1.54, 1.807) is 0 Å². The Morgan fingerprint density at radius 2 is 1.21 bits per heavy atom. The molecule has 0 N–H and O–H groups in total. The zero-order valence-electron chi connectivity index (χ0n) is 15.5. The lowest BCUT2D eigenvalue weighted by Crippen LogP contribution is -1.89. The first kappa shape index (κ1) is 16.5. The maximum Gasteiger partial charge on any atom is -0.00266 e. The van der Waals surface area contributed by atoms with Crippen molar-refractivity contribution in [3.8, 4) is 33.4 Å². The Morgan fingerprint density at radius 3 is 1.93 bits per heavy atom. The quantitative estimate of drug-likeness (QED) is 0.312. The van der Waals surface area contributed by atoms with Gasteiger partial charge in [0.1, 0.15) is 0 Å². The SMILES string of the molecule is [c]1ccccc1-c1ccc2cc(-c3ccccc3)ccc2c1-c1ccccc1. The lowest BCUT2D eigenvalue weighted by molar-refractivity contribution is 1.59. The van der Waals surface area contributed by atoms with Gasteiger partial charge in [0.2, 0.25) is 0 Å². The van der Waals surface area contributed by atoms with E-state index in [1.165, 1.54) is 38.6 Å². The third kappa shape index (κ3) is 3.00. The van der Waals surface area contributed by atoms with Gasteiger partial charge in [0.05, 0.1) is 0 Å². The average Bonchev–Trinajstić information content (AvgIpc) is 2.79. The molecule has 0 heteroatoms. The van der Waals surface area contributed by atoms with Gasteiger partial charge in [-0.25, -0.2) is 0 Å². The van der Waals surface area contributed by atoms with Gasteiger partial charge in [-0.15, -0.1) is 0 Å². The van der Waals surface area contributed by atoms with Crippen molar-refractivity contribution >= 4 is 10.8 Å². The summed E-state index contributed by atoms with van der Waals surface area (Å²) in [5.74, 6) is 0. The molecule has 0 atom stereocenters.